The van der Waals surface area contributed by atoms with Crippen LogP contribution in [0.2, 0.25) is 0 Å². The molecule has 1 aliphatic rings. The molecule has 0 bridgehead atoms. The van der Waals surface area contributed by atoms with Crippen molar-refractivity contribution < 1.29 is 19.2 Å². The van der Waals surface area contributed by atoms with Gasteiger partial charge in [-0.05, 0) is 19.2 Å². The lowest BCUT2D eigenvalue weighted by Crippen LogP contribution is -2.51. The van der Waals surface area contributed by atoms with Crippen molar-refractivity contribution in [2.45, 2.75) is 6.10 Å². The zero-order valence-electron chi connectivity index (χ0n) is 10.9. The van der Waals surface area contributed by atoms with Crippen molar-refractivity contribution in [1.29, 1.82) is 0 Å². The van der Waals surface area contributed by atoms with E-state index in [1.54, 1.807) is 0 Å². The van der Waals surface area contributed by atoms with Gasteiger partial charge < -0.3 is 14.4 Å². The summed E-state index contributed by atoms with van der Waals surface area (Å²) in [6.07, 6.45) is 0.156. The summed E-state index contributed by atoms with van der Waals surface area (Å²) < 4.78 is 11.0. The molecule has 1 aliphatic heterocycles. The number of nitrogens with zero attached hydrogens (tertiary/aromatic N) is 2. The van der Waals surface area contributed by atoms with Crippen molar-refractivity contribution >= 4 is 5.97 Å². The van der Waals surface area contributed by atoms with Gasteiger partial charge in [0.25, 0.3) is 0 Å². The summed E-state index contributed by atoms with van der Waals surface area (Å²) in [7, 11) is 2.03. The molecule has 104 valence electrons. The zero-order chi connectivity index (χ0) is 14.1. The zero-order valence-corrected chi connectivity index (χ0v) is 10.9. The highest BCUT2D eigenvalue weighted by molar-refractivity contribution is 5.86. The van der Waals surface area contributed by atoms with E-state index < -0.39 is 5.97 Å². The predicted octanol–water partition coefficient (Wildman–Crippen LogP) is 1.73. The fourth-order valence-corrected chi connectivity index (χ4v) is 2.17. The number of hydrogen-bond acceptors (Lipinski definition) is 5. The maximum Gasteiger partial charge on any atom is 0.358 e. The van der Waals surface area contributed by atoms with Crippen LogP contribution in [0.3, 0.4) is 0 Å². The Bertz CT molecular complexity index is 632. The molecule has 0 atom stereocenters. The Morgan fingerprint density at radius 3 is 2.85 bits per heavy atom. The minimum absolute atomic E-state index is 0.113. The van der Waals surface area contributed by atoms with Crippen molar-refractivity contribution in [3.8, 4) is 17.1 Å². The van der Waals surface area contributed by atoms with Crippen LogP contribution in [-0.2, 0) is 0 Å². The number of aromatic carboxylic acids is 1. The number of aromatic nitrogens is 1. The Labute approximate surface area is 115 Å². The molecule has 0 aliphatic carbocycles. The topological polar surface area (TPSA) is 75.8 Å². The number of benzene rings is 1. The van der Waals surface area contributed by atoms with Crippen molar-refractivity contribution in [1.82, 2.24) is 10.1 Å². The van der Waals surface area contributed by atoms with E-state index in [-0.39, 0.29) is 11.8 Å². The molecule has 20 heavy (non-hydrogen) atoms. The van der Waals surface area contributed by atoms with Crippen molar-refractivity contribution in [3.63, 3.8) is 0 Å². The van der Waals surface area contributed by atoms with Gasteiger partial charge in [0.2, 0.25) is 0 Å². The second-order valence-corrected chi connectivity index (χ2v) is 4.84. The average Bonchev–Trinajstić information content (AvgIpc) is 2.87. The van der Waals surface area contributed by atoms with Gasteiger partial charge in [-0.2, -0.15) is 0 Å². The summed E-state index contributed by atoms with van der Waals surface area (Å²) in [5, 5.41) is 12.4. The number of likely N-dealkylation sites (N-methyl/N-ethyl adjacent to an activating group) is 1. The highest BCUT2D eigenvalue weighted by Gasteiger charge is 2.26. The van der Waals surface area contributed by atoms with Crippen LogP contribution in [0.25, 0.3) is 11.3 Å². The maximum atomic E-state index is 10.8. The monoisotopic (exact) mass is 274 g/mol. The van der Waals surface area contributed by atoms with Gasteiger partial charge in [-0.25, -0.2) is 4.79 Å². The number of carboxylic acids is 1. The first kappa shape index (κ1) is 12.7. The Hall–Kier alpha value is -2.34. The molecule has 6 heteroatoms. The van der Waals surface area contributed by atoms with Crippen LogP contribution in [0.5, 0.6) is 5.75 Å². The third kappa shape index (κ3) is 2.37. The van der Waals surface area contributed by atoms with E-state index in [4.69, 9.17) is 14.4 Å². The Balaban J connectivity index is 1.86. The van der Waals surface area contributed by atoms with Crippen molar-refractivity contribution in [2.24, 2.45) is 0 Å². The number of rotatable bonds is 4. The Morgan fingerprint density at radius 1 is 1.45 bits per heavy atom. The molecule has 0 unspecified atom stereocenters. The van der Waals surface area contributed by atoms with Gasteiger partial charge in [0.1, 0.15) is 11.9 Å². The van der Waals surface area contributed by atoms with Gasteiger partial charge in [0.15, 0.2) is 11.5 Å². The normalized spacial score (nSPS) is 15.8. The largest absolute Gasteiger partial charge is 0.487 e. The van der Waals surface area contributed by atoms with E-state index in [1.165, 1.54) is 6.07 Å². The van der Waals surface area contributed by atoms with Crippen LogP contribution < -0.4 is 4.74 Å². The van der Waals surface area contributed by atoms with Crippen LogP contribution >= 0.6 is 0 Å². The second kappa shape index (κ2) is 4.97. The molecule has 0 amide bonds. The van der Waals surface area contributed by atoms with E-state index in [2.05, 4.69) is 10.1 Å². The van der Waals surface area contributed by atoms with Crippen LogP contribution in [0.1, 0.15) is 10.5 Å². The molecular weight excluding hydrogens is 260 g/mol. The number of hydrogen-bond donors (Lipinski definition) is 1. The summed E-state index contributed by atoms with van der Waals surface area (Å²) in [6.45, 7) is 1.76. The summed E-state index contributed by atoms with van der Waals surface area (Å²) in [4.78, 5) is 13.0. The SMILES string of the molecule is CN1CC(Oc2ccccc2-c2cc(C(=O)O)no2)C1. The number of ether oxygens (including phenoxy) is 1. The fraction of sp³-hybridized carbons (Fsp3) is 0.286. The summed E-state index contributed by atoms with van der Waals surface area (Å²) in [5.41, 5.74) is 0.597. The third-order valence-electron chi connectivity index (χ3n) is 3.21. The molecule has 1 aromatic heterocycles. The third-order valence-corrected chi connectivity index (χ3v) is 3.21. The van der Waals surface area contributed by atoms with Crippen molar-refractivity contribution in [2.75, 3.05) is 20.1 Å². The average molecular weight is 274 g/mol. The minimum atomic E-state index is -1.11. The lowest BCUT2D eigenvalue weighted by atomic mass is 10.1. The molecule has 0 radical (unpaired) electrons. The summed E-state index contributed by atoms with van der Waals surface area (Å²) in [5.74, 6) is -0.0385. The smallest absolute Gasteiger partial charge is 0.358 e. The Kier molecular flexibility index (Phi) is 3.15. The number of likely N-dealkylation sites (tertiary alicyclic amines) is 1. The van der Waals surface area contributed by atoms with Gasteiger partial charge in [0, 0.05) is 19.2 Å². The molecular formula is C14H14N2O4. The molecule has 0 spiro atoms. The lowest BCUT2D eigenvalue weighted by molar-refractivity contribution is 0.0391. The van der Waals surface area contributed by atoms with E-state index in [0.717, 1.165) is 13.1 Å². The van der Waals surface area contributed by atoms with Crippen LogP contribution in [0.15, 0.2) is 34.9 Å². The minimum Gasteiger partial charge on any atom is -0.487 e. The lowest BCUT2D eigenvalue weighted by Gasteiger charge is -2.36. The maximum absolute atomic E-state index is 10.8. The second-order valence-electron chi connectivity index (χ2n) is 4.84. The van der Waals surface area contributed by atoms with Crippen LogP contribution in [0.4, 0.5) is 0 Å². The quantitative estimate of drug-likeness (QED) is 0.915. The standard InChI is InChI=1S/C14H14N2O4/c1-16-7-9(8-16)19-12-5-3-2-4-10(12)13-6-11(14(17)18)15-20-13/h2-6,9H,7-8H2,1H3,(H,17,18). The van der Waals surface area contributed by atoms with Crippen LogP contribution in [-0.4, -0.2) is 47.4 Å². The van der Waals surface area contributed by atoms with Gasteiger partial charge in [0.05, 0.1) is 5.56 Å². The van der Waals surface area contributed by atoms with Gasteiger partial charge in [-0.3, -0.25) is 4.90 Å². The highest BCUT2D eigenvalue weighted by atomic mass is 16.5. The summed E-state index contributed by atoms with van der Waals surface area (Å²) in [6, 6.07) is 8.78. The van der Waals surface area contributed by atoms with E-state index in [1.807, 2.05) is 31.3 Å². The molecule has 3 rings (SSSR count). The molecule has 6 nitrogen and oxygen atoms in total. The molecule has 1 aromatic carbocycles. The van der Waals surface area contributed by atoms with Crippen molar-refractivity contribution in [3.05, 3.63) is 36.0 Å². The van der Waals surface area contributed by atoms with Gasteiger partial charge in [-0.15, -0.1) is 0 Å². The Morgan fingerprint density at radius 2 is 2.20 bits per heavy atom. The molecule has 2 heterocycles. The number of carboxylic acid groups (broad SMARTS) is 1. The first-order valence-electron chi connectivity index (χ1n) is 6.28. The molecule has 2 aromatic rings. The van der Waals surface area contributed by atoms with E-state index >= 15 is 0 Å². The molecule has 1 N–H and O–H groups in total. The molecule has 1 saturated heterocycles. The highest BCUT2D eigenvalue weighted by Crippen LogP contribution is 2.31. The first-order valence-corrected chi connectivity index (χ1v) is 6.28. The van der Waals surface area contributed by atoms with E-state index in [9.17, 15) is 4.79 Å². The first-order chi connectivity index (χ1) is 9.63. The number of carbonyl (C=O) groups is 1. The molecule has 0 saturated carbocycles. The van der Waals surface area contributed by atoms with E-state index in [0.29, 0.717) is 17.1 Å². The molecule has 1 fully saturated rings. The van der Waals surface area contributed by atoms with Gasteiger partial charge in [-0.1, -0.05) is 17.3 Å². The predicted molar refractivity (Wildman–Crippen MR) is 70.8 cm³/mol. The van der Waals surface area contributed by atoms with Gasteiger partial charge >= 0.3 is 5.97 Å². The number of para-hydroxylation sites is 1. The van der Waals surface area contributed by atoms with Crippen LogP contribution in [0, 0.1) is 0 Å². The summed E-state index contributed by atoms with van der Waals surface area (Å²) >= 11 is 0. The fourth-order valence-electron chi connectivity index (χ4n) is 2.17.